The minimum Gasteiger partial charge on any atom is -0.491 e. The maximum Gasteiger partial charge on any atom is 0.159 e. The molecule has 0 bridgehead atoms. The van der Waals surface area contributed by atoms with Gasteiger partial charge in [0.25, 0.3) is 0 Å². The first-order valence-electron chi connectivity index (χ1n) is 7.45. The maximum absolute atomic E-state index is 11.3. The second-order valence-corrected chi connectivity index (χ2v) is 5.17. The first kappa shape index (κ1) is 18.6. The second-order valence-electron chi connectivity index (χ2n) is 5.17. The smallest absolute Gasteiger partial charge is 0.159 e. The molecule has 1 aromatic carbocycles. The first-order chi connectivity index (χ1) is 11.1. The minimum absolute atomic E-state index is 0.0461. The molecule has 0 unspecified atom stereocenters. The Balaban J connectivity index is 2.49. The lowest BCUT2D eigenvalue weighted by Gasteiger charge is -2.23. The Morgan fingerprint density at radius 2 is 1.96 bits per heavy atom. The third kappa shape index (κ3) is 7.42. The van der Waals surface area contributed by atoms with Crippen LogP contribution in [0.3, 0.4) is 0 Å². The number of aliphatic hydroxyl groups excluding tert-OH is 1. The number of benzene rings is 1. The topological polar surface area (TPSA) is 97.3 Å². The van der Waals surface area contributed by atoms with E-state index in [9.17, 15) is 9.90 Å². The van der Waals surface area contributed by atoms with Gasteiger partial charge in [0, 0.05) is 38.0 Å². The van der Waals surface area contributed by atoms with Gasteiger partial charge in [-0.2, -0.15) is 10.5 Å². The van der Waals surface area contributed by atoms with Crippen LogP contribution in [0.1, 0.15) is 30.1 Å². The SMILES string of the molecule is CC(=O)c1cccc(OC[C@@H](O)CN(CCC#N)CCC#N)c1. The zero-order chi connectivity index (χ0) is 17.1. The third-order valence-corrected chi connectivity index (χ3v) is 3.23. The average Bonchev–Trinajstić information content (AvgIpc) is 2.55. The molecule has 0 aliphatic carbocycles. The van der Waals surface area contributed by atoms with Crippen LogP contribution in [-0.4, -0.2) is 48.1 Å². The van der Waals surface area contributed by atoms with Crippen molar-refractivity contribution in [2.24, 2.45) is 0 Å². The van der Waals surface area contributed by atoms with Crippen molar-refractivity contribution in [2.75, 3.05) is 26.2 Å². The highest BCUT2D eigenvalue weighted by atomic mass is 16.5. The molecule has 0 aromatic heterocycles. The van der Waals surface area contributed by atoms with E-state index < -0.39 is 6.10 Å². The van der Waals surface area contributed by atoms with Crippen molar-refractivity contribution >= 4 is 5.78 Å². The van der Waals surface area contributed by atoms with Gasteiger partial charge in [-0.3, -0.25) is 9.69 Å². The summed E-state index contributed by atoms with van der Waals surface area (Å²) in [6, 6.07) is 10.9. The van der Waals surface area contributed by atoms with Gasteiger partial charge in [-0.25, -0.2) is 0 Å². The molecular formula is C17H21N3O3. The van der Waals surface area contributed by atoms with Crippen LogP contribution in [0.2, 0.25) is 0 Å². The second kappa shape index (κ2) is 10.3. The van der Waals surface area contributed by atoms with Gasteiger partial charge < -0.3 is 9.84 Å². The fourth-order valence-electron chi connectivity index (χ4n) is 2.06. The molecule has 6 nitrogen and oxygen atoms in total. The van der Waals surface area contributed by atoms with E-state index in [0.29, 0.717) is 43.8 Å². The molecule has 122 valence electrons. The Morgan fingerprint density at radius 1 is 1.30 bits per heavy atom. The van der Waals surface area contributed by atoms with Crippen molar-refractivity contribution in [3.63, 3.8) is 0 Å². The van der Waals surface area contributed by atoms with E-state index in [-0.39, 0.29) is 12.4 Å². The van der Waals surface area contributed by atoms with Crippen molar-refractivity contribution in [3.8, 4) is 17.9 Å². The Morgan fingerprint density at radius 3 is 2.52 bits per heavy atom. The van der Waals surface area contributed by atoms with Crippen LogP contribution in [-0.2, 0) is 0 Å². The fourth-order valence-corrected chi connectivity index (χ4v) is 2.06. The normalized spacial score (nSPS) is 11.5. The zero-order valence-corrected chi connectivity index (χ0v) is 13.2. The molecule has 0 aliphatic rings. The van der Waals surface area contributed by atoms with E-state index in [1.807, 2.05) is 4.90 Å². The molecule has 0 aliphatic heterocycles. The summed E-state index contributed by atoms with van der Waals surface area (Å²) >= 11 is 0. The van der Waals surface area contributed by atoms with E-state index in [1.165, 1.54) is 6.92 Å². The Bertz CT molecular complexity index is 571. The number of ketones is 1. The van der Waals surface area contributed by atoms with Crippen molar-refractivity contribution in [2.45, 2.75) is 25.9 Å². The van der Waals surface area contributed by atoms with Crippen LogP contribution in [0.25, 0.3) is 0 Å². The van der Waals surface area contributed by atoms with E-state index in [1.54, 1.807) is 24.3 Å². The average molecular weight is 315 g/mol. The van der Waals surface area contributed by atoms with Crippen molar-refractivity contribution < 1.29 is 14.6 Å². The Labute approximate surface area is 136 Å². The van der Waals surface area contributed by atoms with Gasteiger partial charge >= 0.3 is 0 Å². The van der Waals surface area contributed by atoms with Gasteiger partial charge in [0.1, 0.15) is 18.5 Å². The summed E-state index contributed by atoms with van der Waals surface area (Å²) in [6.45, 7) is 2.91. The summed E-state index contributed by atoms with van der Waals surface area (Å²) in [5.41, 5.74) is 0.557. The molecule has 0 radical (unpaired) electrons. The highest BCUT2D eigenvalue weighted by Crippen LogP contribution is 2.14. The highest BCUT2D eigenvalue weighted by molar-refractivity contribution is 5.94. The number of nitriles is 2. The van der Waals surface area contributed by atoms with Crippen molar-refractivity contribution in [1.29, 1.82) is 10.5 Å². The summed E-state index contributed by atoms with van der Waals surface area (Å²) in [4.78, 5) is 13.2. The third-order valence-electron chi connectivity index (χ3n) is 3.23. The van der Waals surface area contributed by atoms with Gasteiger partial charge in [0.05, 0.1) is 12.1 Å². The van der Waals surface area contributed by atoms with Crippen LogP contribution in [0, 0.1) is 22.7 Å². The number of hydrogen-bond donors (Lipinski definition) is 1. The molecule has 1 N–H and O–H groups in total. The summed E-state index contributed by atoms with van der Waals surface area (Å²) < 4.78 is 5.51. The van der Waals surface area contributed by atoms with Gasteiger partial charge in [-0.15, -0.1) is 0 Å². The molecule has 1 aromatic rings. The number of Topliss-reactive ketones (excluding diaryl/α,β-unsaturated/α-hetero) is 1. The molecular weight excluding hydrogens is 294 g/mol. The van der Waals surface area contributed by atoms with Crippen LogP contribution < -0.4 is 4.74 Å². The lowest BCUT2D eigenvalue weighted by atomic mass is 10.1. The largest absolute Gasteiger partial charge is 0.491 e. The van der Waals surface area contributed by atoms with E-state index in [4.69, 9.17) is 15.3 Å². The molecule has 0 heterocycles. The Kier molecular flexibility index (Phi) is 8.38. The molecule has 6 heteroatoms. The Hall–Kier alpha value is -2.41. The van der Waals surface area contributed by atoms with Gasteiger partial charge in [-0.05, 0) is 19.1 Å². The number of rotatable bonds is 10. The summed E-state index contributed by atoms with van der Waals surface area (Å²) in [7, 11) is 0. The van der Waals surface area contributed by atoms with Gasteiger partial charge in [0.15, 0.2) is 5.78 Å². The molecule has 0 saturated carbocycles. The molecule has 0 spiro atoms. The number of carbonyl (C=O) groups is 1. The number of hydrogen-bond acceptors (Lipinski definition) is 6. The van der Waals surface area contributed by atoms with Gasteiger partial charge in [-0.1, -0.05) is 12.1 Å². The predicted molar refractivity (Wildman–Crippen MR) is 84.8 cm³/mol. The lowest BCUT2D eigenvalue weighted by Crippen LogP contribution is -2.36. The molecule has 1 atom stereocenters. The number of carbonyl (C=O) groups excluding carboxylic acids is 1. The van der Waals surface area contributed by atoms with Gasteiger partial charge in [0.2, 0.25) is 0 Å². The summed E-state index contributed by atoms with van der Waals surface area (Å²) in [6.07, 6.45) is -0.0485. The predicted octanol–water partition coefficient (Wildman–Crippen LogP) is 1.76. The molecule has 23 heavy (non-hydrogen) atoms. The lowest BCUT2D eigenvalue weighted by molar-refractivity contribution is 0.0694. The summed E-state index contributed by atoms with van der Waals surface area (Å²) in [5.74, 6) is 0.479. The molecule has 1 rings (SSSR count). The van der Waals surface area contributed by atoms with Crippen LogP contribution >= 0.6 is 0 Å². The quantitative estimate of drug-likeness (QED) is 0.661. The number of ether oxygens (including phenoxy) is 1. The van der Waals surface area contributed by atoms with Crippen molar-refractivity contribution in [3.05, 3.63) is 29.8 Å². The molecule has 0 fully saturated rings. The number of aliphatic hydroxyl groups is 1. The van der Waals surface area contributed by atoms with Crippen LogP contribution in [0.15, 0.2) is 24.3 Å². The first-order valence-corrected chi connectivity index (χ1v) is 7.45. The number of nitrogens with zero attached hydrogens (tertiary/aromatic N) is 3. The fraction of sp³-hybridized carbons (Fsp3) is 0.471. The van der Waals surface area contributed by atoms with Crippen LogP contribution in [0.5, 0.6) is 5.75 Å². The monoisotopic (exact) mass is 315 g/mol. The van der Waals surface area contributed by atoms with Crippen molar-refractivity contribution in [1.82, 2.24) is 4.90 Å². The summed E-state index contributed by atoms with van der Waals surface area (Å²) in [5, 5.41) is 27.3. The minimum atomic E-state index is -0.742. The van der Waals surface area contributed by atoms with Crippen LogP contribution in [0.4, 0.5) is 0 Å². The molecule has 0 saturated heterocycles. The van der Waals surface area contributed by atoms with E-state index >= 15 is 0 Å². The zero-order valence-electron chi connectivity index (χ0n) is 13.2. The highest BCUT2D eigenvalue weighted by Gasteiger charge is 2.12. The van der Waals surface area contributed by atoms with E-state index in [2.05, 4.69) is 12.1 Å². The molecule has 0 amide bonds. The standard InChI is InChI=1S/C17H21N3O3/c1-14(21)15-5-2-6-17(11-15)23-13-16(22)12-20(9-3-7-18)10-4-8-19/h2,5-6,11,16,22H,3-4,9-10,12-13H2,1H3/t16-/m0/s1. The maximum atomic E-state index is 11.3. The van der Waals surface area contributed by atoms with E-state index in [0.717, 1.165) is 0 Å².